The fourth-order valence-corrected chi connectivity index (χ4v) is 1.72. The number of piperidine rings is 1. The number of carbonyl (C=O) groups excluding carboxylic acids is 1. The summed E-state index contributed by atoms with van der Waals surface area (Å²) in [4.78, 5) is 13.6. The summed E-state index contributed by atoms with van der Waals surface area (Å²) in [7, 11) is 1.68. The molecule has 15 heavy (non-hydrogen) atoms. The molecule has 0 spiro atoms. The van der Waals surface area contributed by atoms with E-state index in [0.29, 0.717) is 6.54 Å². The molecule has 0 aliphatic carbocycles. The smallest absolute Gasteiger partial charge is 0.236 e. The van der Waals surface area contributed by atoms with Crippen molar-refractivity contribution < 1.29 is 9.53 Å². The number of ether oxygens (including phenoxy) is 1. The van der Waals surface area contributed by atoms with E-state index in [0.717, 1.165) is 32.5 Å². The molecule has 0 aromatic heterocycles. The van der Waals surface area contributed by atoms with Crippen LogP contribution < -0.4 is 5.32 Å². The second kappa shape index (κ2) is 6.80. The van der Waals surface area contributed by atoms with Crippen molar-refractivity contribution in [1.82, 2.24) is 10.2 Å². The highest BCUT2D eigenvalue weighted by Gasteiger charge is 2.15. The fourth-order valence-electron chi connectivity index (χ4n) is 1.72. The topological polar surface area (TPSA) is 41.6 Å². The molecule has 1 fully saturated rings. The Balaban J connectivity index is 2.12. The molecule has 1 unspecified atom stereocenters. The van der Waals surface area contributed by atoms with Crippen LogP contribution in [0.1, 0.15) is 26.2 Å². The summed E-state index contributed by atoms with van der Waals surface area (Å²) < 4.78 is 5.09. The predicted octanol–water partition coefficient (Wildman–Crippen LogP) is 0.623. The van der Waals surface area contributed by atoms with Gasteiger partial charge in [0.15, 0.2) is 0 Å². The van der Waals surface area contributed by atoms with Gasteiger partial charge in [0.05, 0.1) is 12.6 Å². The van der Waals surface area contributed by atoms with E-state index in [-0.39, 0.29) is 12.0 Å². The second-order valence-corrected chi connectivity index (χ2v) is 4.12. The highest BCUT2D eigenvalue weighted by molar-refractivity contribution is 5.78. The molecule has 4 nitrogen and oxygen atoms in total. The molecule has 0 bridgehead atoms. The van der Waals surface area contributed by atoms with Crippen LogP contribution in [0, 0.1) is 0 Å². The van der Waals surface area contributed by atoms with Gasteiger partial charge in [0.1, 0.15) is 0 Å². The van der Waals surface area contributed by atoms with Crippen molar-refractivity contribution in [2.24, 2.45) is 0 Å². The third-order valence-corrected chi connectivity index (χ3v) is 2.82. The van der Waals surface area contributed by atoms with E-state index >= 15 is 0 Å². The molecule has 0 saturated carbocycles. The van der Waals surface area contributed by atoms with Crippen molar-refractivity contribution in [1.29, 1.82) is 0 Å². The van der Waals surface area contributed by atoms with Gasteiger partial charge in [-0.05, 0) is 26.2 Å². The fraction of sp³-hybridized carbons (Fsp3) is 0.909. The largest absolute Gasteiger partial charge is 0.380 e. The Bertz CT molecular complexity index is 191. The number of nitrogens with zero attached hydrogens (tertiary/aromatic N) is 1. The Morgan fingerprint density at radius 2 is 2.07 bits per heavy atom. The number of likely N-dealkylation sites (tertiary alicyclic amines) is 1. The van der Waals surface area contributed by atoms with E-state index < -0.39 is 0 Å². The highest BCUT2D eigenvalue weighted by Crippen LogP contribution is 2.08. The first-order valence-corrected chi connectivity index (χ1v) is 5.75. The van der Waals surface area contributed by atoms with Gasteiger partial charge >= 0.3 is 0 Å². The number of carbonyl (C=O) groups is 1. The normalized spacial score (nSPS) is 18.9. The van der Waals surface area contributed by atoms with Gasteiger partial charge < -0.3 is 15.0 Å². The number of hydrogen-bond acceptors (Lipinski definition) is 3. The van der Waals surface area contributed by atoms with Crippen molar-refractivity contribution in [3.63, 3.8) is 0 Å². The third kappa shape index (κ3) is 4.62. The first kappa shape index (κ1) is 12.5. The molecular formula is C11H22N2O2. The van der Waals surface area contributed by atoms with Gasteiger partial charge in [-0.3, -0.25) is 4.79 Å². The van der Waals surface area contributed by atoms with Crippen LogP contribution in [0.4, 0.5) is 0 Å². The maximum atomic E-state index is 11.7. The van der Waals surface area contributed by atoms with E-state index in [4.69, 9.17) is 4.74 Å². The van der Waals surface area contributed by atoms with Crippen molar-refractivity contribution in [3.8, 4) is 0 Å². The van der Waals surface area contributed by atoms with E-state index in [1.54, 1.807) is 7.11 Å². The zero-order valence-electron chi connectivity index (χ0n) is 9.79. The van der Waals surface area contributed by atoms with Crippen LogP contribution in [0.3, 0.4) is 0 Å². The monoisotopic (exact) mass is 214 g/mol. The first-order chi connectivity index (χ1) is 7.24. The lowest BCUT2D eigenvalue weighted by Gasteiger charge is -2.27. The number of nitrogens with one attached hydrogen (secondary N) is 1. The summed E-state index contributed by atoms with van der Waals surface area (Å²) in [6.45, 7) is 5.02. The molecule has 0 aromatic carbocycles. The van der Waals surface area contributed by atoms with E-state index in [1.807, 2.05) is 11.8 Å². The first-order valence-electron chi connectivity index (χ1n) is 5.75. The number of rotatable bonds is 5. The van der Waals surface area contributed by atoms with Gasteiger partial charge in [-0.1, -0.05) is 0 Å². The molecule has 1 aliphatic heterocycles. The molecule has 4 heteroatoms. The van der Waals surface area contributed by atoms with Gasteiger partial charge in [-0.15, -0.1) is 0 Å². The summed E-state index contributed by atoms with van der Waals surface area (Å²) >= 11 is 0. The second-order valence-electron chi connectivity index (χ2n) is 4.12. The number of amides is 1. The van der Waals surface area contributed by atoms with Crippen LogP contribution in [-0.4, -0.2) is 50.2 Å². The quantitative estimate of drug-likeness (QED) is 0.729. The van der Waals surface area contributed by atoms with Gasteiger partial charge in [-0.25, -0.2) is 0 Å². The van der Waals surface area contributed by atoms with Crippen molar-refractivity contribution in [3.05, 3.63) is 0 Å². The molecule has 1 rings (SSSR count). The van der Waals surface area contributed by atoms with Crippen LogP contribution in [0.5, 0.6) is 0 Å². The van der Waals surface area contributed by atoms with Crippen LogP contribution in [0.15, 0.2) is 0 Å². The Morgan fingerprint density at radius 1 is 1.40 bits per heavy atom. The van der Waals surface area contributed by atoms with Gasteiger partial charge in [0.25, 0.3) is 0 Å². The molecule has 0 aromatic rings. The standard InChI is InChI=1S/C11H22N2O2/c1-10(15-2)8-12-9-11(14)13-6-4-3-5-7-13/h10,12H,3-9H2,1-2H3. The van der Waals surface area contributed by atoms with Gasteiger partial charge in [-0.2, -0.15) is 0 Å². The lowest BCUT2D eigenvalue weighted by Crippen LogP contribution is -2.42. The SMILES string of the molecule is COC(C)CNCC(=O)N1CCCCC1. The van der Waals surface area contributed by atoms with Crippen LogP contribution in [0.25, 0.3) is 0 Å². The highest BCUT2D eigenvalue weighted by atomic mass is 16.5. The lowest BCUT2D eigenvalue weighted by molar-refractivity contribution is -0.131. The van der Waals surface area contributed by atoms with E-state index in [2.05, 4.69) is 5.32 Å². The summed E-state index contributed by atoms with van der Waals surface area (Å²) in [5.74, 6) is 0.220. The average molecular weight is 214 g/mol. The molecule has 0 radical (unpaired) electrons. The molecule has 1 N–H and O–H groups in total. The molecule has 1 amide bonds. The minimum atomic E-state index is 0.166. The number of hydrogen-bond donors (Lipinski definition) is 1. The maximum Gasteiger partial charge on any atom is 0.236 e. The van der Waals surface area contributed by atoms with Crippen LogP contribution in [0.2, 0.25) is 0 Å². The van der Waals surface area contributed by atoms with Gasteiger partial charge in [0, 0.05) is 26.7 Å². The Hall–Kier alpha value is -0.610. The van der Waals surface area contributed by atoms with Crippen molar-refractivity contribution in [2.45, 2.75) is 32.3 Å². The number of methoxy groups -OCH3 is 1. The molecule has 1 saturated heterocycles. The summed E-state index contributed by atoms with van der Waals surface area (Å²) in [6, 6.07) is 0. The summed E-state index contributed by atoms with van der Waals surface area (Å²) in [5, 5.41) is 3.12. The molecule has 1 atom stereocenters. The van der Waals surface area contributed by atoms with Gasteiger partial charge in [0.2, 0.25) is 5.91 Å². The average Bonchev–Trinajstić information content (AvgIpc) is 2.29. The summed E-state index contributed by atoms with van der Waals surface area (Å²) in [5.41, 5.74) is 0. The molecular weight excluding hydrogens is 192 g/mol. The van der Waals surface area contributed by atoms with Crippen LogP contribution in [-0.2, 0) is 9.53 Å². The Kier molecular flexibility index (Phi) is 5.65. The predicted molar refractivity (Wildman–Crippen MR) is 59.8 cm³/mol. The van der Waals surface area contributed by atoms with Crippen molar-refractivity contribution in [2.75, 3.05) is 33.3 Å². The third-order valence-electron chi connectivity index (χ3n) is 2.82. The van der Waals surface area contributed by atoms with Crippen LogP contribution >= 0.6 is 0 Å². The molecule has 1 aliphatic rings. The van der Waals surface area contributed by atoms with E-state index in [1.165, 1.54) is 6.42 Å². The lowest BCUT2D eigenvalue weighted by atomic mass is 10.1. The Morgan fingerprint density at radius 3 is 2.67 bits per heavy atom. The zero-order chi connectivity index (χ0) is 11.1. The minimum Gasteiger partial charge on any atom is -0.380 e. The van der Waals surface area contributed by atoms with Crippen molar-refractivity contribution >= 4 is 5.91 Å². The maximum absolute atomic E-state index is 11.7. The van der Waals surface area contributed by atoms with E-state index in [9.17, 15) is 4.79 Å². The molecule has 1 heterocycles. The zero-order valence-corrected chi connectivity index (χ0v) is 9.79. The summed E-state index contributed by atoms with van der Waals surface area (Å²) in [6.07, 6.45) is 3.73. The molecule has 88 valence electrons. The minimum absolute atomic E-state index is 0.166. The Labute approximate surface area is 92.0 Å².